The number of carboxylic acid groups (broad SMARTS) is 2. The molecule has 0 spiro atoms. The van der Waals surface area contributed by atoms with Crippen molar-refractivity contribution in [3.63, 3.8) is 0 Å². The third-order valence-electron chi connectivity index (χ3n) is 0.689. The molecule has 0 rings (SSSR count). The van der Waals surface area contributed by atoms with Gasteiger partial charge in [0.05, 0.1) is 5.97 Å². The molecular weight excluding hydrogens is 178 g/mol. The van der Waals surface area contributed by atoms with Crippen LogP contribution in [0.2, 0.25) is 0 Å². The summed E-state index contributed by atoms with van der Waals surface area (Å²) < 4.78 is 0. The van der Waals surface area contributed by atoms with E-state index in [9.17, 15) is 19.8 Å². The second-order valence-corrected chi connectivity index (χ2v) is 1.50. The zero-order chi connectivity index (χ0) is 7.44. The number of carbonyl (C=O) groups excluding carboxylic acids is 2. The van der Waals surface area contributed by atoms with E-state index in [1.807, 2.05) is 0 Å². The third kappa shape index (κ3) is 5.57. The number of carbonyl (C=O) groups is 2. The molecule has 1 atom stereocenters. The van der Waals surface area contributed by atoms with E-state index < -0.39 is 24.4 Å². The smallest absolute Gasteiger partial charge is 0.550 e. The summed E-state index contributed by atoms with van der Waals surface area (Å²) in [6.45, 7) is 0. The van der Waals surface area contributed by atoms with Crippen molar-refractivity contribution >= 4 is 11.9 Å². The van der Waals surface area contributed by atoms with Crippen molar-refractivity contribution in [2.75, 3.05) is 0 Å². The predicted octanol–water partition coefficient (Wildman–Crippen LogP) is -3.80. The fourth-order valence-corrected chi connectivity index (χ4v) is 0.263. The van der Waals surface area contributed by atoms with Crippen molar-refractivity contribution in [3.05, 3.63) is 0 Å². The largest absolute Gasteiger partial charge is 2.00 e. The first-order valence-electron chi connectivity index (χ1n) is 2.20. The predicted molar refractivity (Wildman–Crippen MR) is 22.6 cm³/mol. The molecule has 5 nitrogen and oxygen atoms in total. The number of nitrogens with two attached hydrogens (primary N) is 1. The van der Waals surface area contributed by atoms with Gasteiger partial charge in [0.1, 0.15) is 0 Å². The number of rotatable bonds is 3. The first-order chi connectivity index (χ1) is 4.04. The van der Waals surface area contributed by atoms with Gasteiger partial charge in [-0.3, -0.25) is 0 Å². The Kier molecular flexibility index (Phi) is 6.36. The van der Waals surface area contributed by atoms with Crippen molar-refractivity contribution in [3.8, 4) is 0 Å². The second-order valence-electron chi connectivity index (χ2n) is 1.50. The summed E-state index contributed by atoms with van der Waals surface area (Å²) >= 11 is 0. The molecule has 0 amide bonds. The SMILES string of the molecule is NC(CC(=O)[O-])C(=O)[O-].[Cr+2]. The van der Waals surface area contributed by atoms with E-state index in [-0.39, 0.29) is 17.4 Å². The molecule has 0 heterocycles. The standard InChI is InChI=1S/C4H7NO4.Cr/c5-2(4(8)9)1-3(6)7;/h2H,1,5H2,(H,6,7)(H,8,9);/q;+2/p-2. The fraction of sp³-hybridized carbons (Fsp3) is 0.500. The first-order valence-corrected chi connectivity index (χ1v) is 2.20. The normalized spacial score (nSPS) is 11.3. The molecule has 6 heteroatoms. The average Bonchev–Trinajstić information content (AvgIpc) is 1.63. The van der Waals surface area contributed by atoms with Crippen LogP contribution in [0.3, 0.4) is 0 Å². The molecule has 2 N–H and O–H groups in total. The van der Waals surface area contributed by atoms with Gasteiger partial charge in [0.25, 0.3) is 0 Å². The van der Waals surface area contributed by atoms with E-state index in [4.69, 9.17) is 5.73 Å². The molecule has 0 aromatic heterocycles. The van der Waals surface area contributed by atoms with E-state index in [0.29, 0.717) is 0 Å². The van der Waals surface area contributed by atoms with Crippen LogP contribution in [0.4, 0.5) is 0 Å². The minimum Gasteiger partial charge on any atom is -0.550 e. The van der Waals surface area contributed by atoms with Gasteiger partial charge in [0.2, 0.25) is 0 Å². The molecule has 0 saturated carbocycles. The van der Waals surface area contributed by atoms with Crippen LogP contribution in [0.15, 0.2) is 0 Å². The summed E-state index contributed by atoms with van der Waals surface area (Å²) in [5.74, 6) is -3.08. The Balaban J connectivity index is 0. The number of carboxylic acids is 2. The number of aliphatic carboxylic acids is 2. The van der Waals surface area contributed by atoms with Crippen molar-refractivity contribution in [2.24, 2.45) is 5.73 Å². The molecule has 1 unspecified atom stereocenters. The Morgan fingerprint density at radius 3 is 1.90 bits per heavy atom. The molecule has 0 aliphatic carbocycles. The topological polar surface area (TPSA) is 106 Å². The Bertz CT molecular complexity index is 137. The number of hydrogen-bond acceptors (Lipinski definition) is 5. The second kappa shape index (κ2) is 5.24. The van der Waals surface area contributed by atoms with Crippen molar-refractivity contribution in [1.82, 2.24) is 0 Å². The fourth-order valence-electron chi connectivity index (χ4n) is 0.263. The molecule has 0 aromatic rings. The monoisotopic (exact) mass is 183 g/mol. The van der Waals surface area contributed by atoms with Crippen LogP contribution in [0.25, 0.3) is 0 Å². The van der Waals surface area contributed by atoms with Gasteiger partial charge in [0, 0.05) is 18.4 Å². The van der Waals surface area contributed by atoms with Crippen LogP contribution in [0.1, 0.15) is 6.42 Å². The maximum atomic E-state index is 9.71. The van der Waals surface area contributed by atoms with Crippen LogP contribution in [-0.4, -0.2) is 18.0 Å². The maximum absolute atomic E-state index is 9.71. The van der Waals surface area contributed by atoms with Gasteiger partial charge in [-0.1, -0.05) is 0 Å². The Morgan fingerprint density at radius 1 is 1.40 bits per heavy atom. The van der Waals surface area contributed by atoms with Gasteiger partial charge in [-0.2, -0.15) is 0 Å². The van der Waals surface area contributed by atoms with Gasteiger partial charge < -0.3 is 25.5 Å². The van der Waals surface area contributed by atoms with Crippen LogP contribution in [0.5, 0.6) is 0 Å². The Morgan fingerprint density at radius 2 is 1.80 bits per heavy atom. The molecule has 56 valence electrons. The molecule has 0 saturated heterocycles. The number of hydrogen-bond donors (Lipinski definition) is 1. The van der Waals surface area contributed by atoms with Crippen molar-refractivity contribution in [2.45, 2.75) is 12.5 Å². The summed E-state index contributed by atoms with van der Waals surface area (Å²) in [6.07, 6.45) is -0.706. The molecular formula is C4H5CrNO4. The molecule has 0 bridgehead atoms. The quantitative estimate of drug-likeness (QED) is 0.482. The van der Waals surface area contributed by atoms with E-state index >= 15 is 0 Å². The van der Waals surface area contributed by atoms with Crippen LogP contribution in [-0.2, 0) is 27.0 Å². The van der Waals surface area contributed by atoms with E-state index in [1.54, 1.807) is 0 Å². The summed E-state index contributed by atoms with van der Waals surface area (Å²) in [4.78, 5) is 19.3. The molecule has 0 aliphatic rings. The summed E-state index contributed by atoms with van der Waals surface area (Å²) in [7, 11) is 0. The van der Waals surface area contributed by atoms with Gasteiger partial charge in [0.15, 0.2) is 0 Å². The van der Waals surface area contributed by atoms with Crippen molar-refractivity contribution in [1.29, 1.82) is 0 Å². The van der Waals surface area contributed by atoms with Crippen molar-refractivity contribution < 1.29 is 37.2 Å². The minimum atomic E-state index is -1.58. The third-order valence-corrected chi connectivity index (χ3v) is 0.689. The molecule has 0 radical (unpaired) electrons. The molecule has 0 aliphatic heterocycles. The molecule has 10 heavy (non-hydrogen) atoms. The van der Waals surface area contributed by atoms with Gasteiger partial charge in [-0.05, 0) is 0 Å². The molecule has 0 aromatic carbocycles. The van der Waals surface area contributed by atoms with Crippen LogP contribution >= 0.6 is 0 Å². The van der Waals surface area contributed by atoms with Gasteiger partial charge >= 0.3 is 17.4 Å². The van der Waals surface area contributed by atoms with Gasteiger partial charge in [-0.15, -0.1) is 0 Å². The van der Waals surface area contributed by atoms with Crippen LogP contribution < -0.4 is 15.9 Å². The average molecular weight is 183 g/mol. The maximum Gasteiger partial charge on any atom is 2.00 e. The molecule has 0 fully saturated rings. The zero-order valence-electron chi connectivity index (χ0n) is 4.90. The first kappa shape index (κ1) is 12.1. The zero-order valence-corrected chi connectivity index (χ0v) is 6.18. The van der Waals surface area contributed by atoms with Crippen LogP contribution in [0, 0.1) is 0 Å². The Hall–Kier alpha value is -0.568. The summed E-state index contributed by atoms with van der Waals surface area (Å²) in [5.41, 5.74) is 4.73. The van der Waals surface area contributed by atoms with E-state index in [2.05, 4.69) is 0 Å². The summed E-state index contributed by atoms with van der Waals surface area (Å²) in [5, 5.41) is 19.3. The summed E-state index contributed by atoms with van der Waals surface area (Å²) in [6, 6.07) is -1.46. The Labute approximate surface area is 68.0 Å². The van der Waals surface area contributed by atoms with E-state index in [1.165, 1.54) is 0 Å². The van der Waals surface area contributed by atoms with E-state index in [0.717, 1.165) is 0 Å². The van der Waals surface area contributed by atoms with Gasteiger partial charge in [-0.25, -0.2) is 0 Å². The minimum absolute atomic E-state index is 0.